The first-order chi connectivity index (χ1) is 34.3. The molecule has 1 aromatic heterocycles. The number of piperazine rings is 1. The second-order valence-corrected chi connectivity index (χ2v) is 17.6. The summed E-state index contributed by atoms with van der Waals surface area (Å²) in [6, 6.07) is 24.0. The molecule has 9 rings (SSSR count). The second kappa shape index (κ2) is 20.9. The lowest BCUT2D eigenvalue weighted by atomic mass is 10.0. The number of nitrogens with zero attached hydrogens (tertiary/aromatic N) is 5. The van der Waals surface area contributed by atoms with Gasteiger partial charge < -0.3 is 40.9 Å². The Balaban J connectivity index is 0.784. The number of piperidine rings is 1. The first-order valence-corrected chi connectivity index (χ1v) is 23.1. The van der Waals surface area contributed by atoms with Crippen molar-refractivity contribution in [3.8, 4) is 16.9 Å². The molecule has 0 aliphatic carbocycles. The van der Waals surface area contributed by atoms with Crippen LogP contribution in [0.1, 0.15) is 34.3 Å². The van der Waals surface area contributed by atoms with Gasteiger partial charge in [0.1, 0.15) is 18.4 Å². The molecule has 0 spiro atoms. The fourth-order valence-corrected chi connectivity index (χ4v) is 8.96. The van der Waals surface area contributed by atoms with E-state index in [0.29, 0.717) is 77.3 Å². The highest BCUT2D eigenvalue weighted by Gasteiger charge is 2.39. The van der Waals surface area contributed by atoms with E-state index in [1.54, 1.807) is 47.5 Å². The van der Waals surface area contributed by atoms with Crippen LogP contribution in [0.2, 0.25) is 5.02 Å². The highest BCUT2D eigenvalue weighted by molar-refractivity contribution is 6.31. The minimum atomic E-state index is -1.06. The molecule has 3 aliphatic heterocycles. The molecule has 364 valence electrons. The average molecular weight is 985 g/mol. The second-order valence-electron chi connectivity index (χ2n) is 17.2. The lowest BCUT2D eigenvalue weighted by Gasteiger charge is -2.36. The Morgan fingerprint density at radius 1 is 0.901 bits per heavy atom. The van der Waals surface area contributed by atoms with Crippen molar-refractivity contribution < 1.29 is 42.6 Å². The number of rotatable bonds is 15. The Morgan fingerprint density at radius 2 is 1.72 bits per heavy atom. The summed E-state index contributed by atoms with van der Waals surface area (Å²) in [5.41, 5.74) is 4.69. The van der Waals surface area contributed by atoms with Crippen molar-refractivity contribution in [1.82, 2.24) is 30.4 Å². The highest BCUT2D eigenvalue weighted by atomic mass is 35.5. The third-order valence-corrected chi connectivity index (χ3v) is 12.6. The van der Waals surface area contributed by atoms with E-state index in [1.807, 2.05) is 24.3 Å². The van der Waals surface area contributed by atoms with E-state index < -0.39 is 35.5 Å². The number of hydrogen-bond donors (Lipinski definition) is 6. The van der Waals surface area contributed by atoms with E-state index in [9.17, 15) is 29.1 Å². The number of urea groups is 1. The van der Waals surface area contributed by atoms with Crippen LogP contribution in [0.5, 0.6) is 5.75 Å². The van der Waals surface area contributed by atoms with Crippen LogP contribution < -0.4 is 36.2 Å². The summed E-state index contributed by atoms with van der Waals surface area (Å²) in [5, 5.41) is 23.6. The van der Waals surface area contributed by atoms with Crippen molar-refractivity contribution in [2.24, 2.45) is 0 Å². The molecule has 3 aliphatic rings. The van der Waals surface area contributed by atoms with Crippen molar-refractivity contribution in [2.75, 3.05) is 66.8 Å². The Hall–Kier alpha value is -8.00. The summed E-state index contributed by atoms with van der Waals surface area (Å²) in [7, 11) is 0. The maximum absolute atomic E-state index is 15.5. The number of anilines is 5. The zero-order valence-corrected chi connectivity index (χ0v) is 38.8. The van der Waals surface area contributed by atoms with Gasteiger partial charge in [-0.3, -0.25) is 29.4 Å². The molecule has 20 heteroatoms. The van der Waals surface area contributed by atoms with Crippen LogP contribution in [0.25, 0.3) is 22.0 Å². The number of amides is 6. The van der Waals surface area contributed by atoms with Crippen molar-refractivity contribution in [2.45, 2.75) is 32.0 Å². The molecular formula is C51H47ClF2N10O7. The van der Waals surface area contributed by atoms with Crippen LogP contribution in [-0.4, -0.2) is 107 Å². The highest BCUT2D eigenvalue weighted by Crippen LogP contribution is 2.33. The third-order valence-electron chi connectivity index (χ3n) is 12.4. The molecule has 0 radical (unpaired) electrons. The monoisotopic (exact) mass is 984 g/mol. The first kappa shape index (κ1) is 48.0. The fraction of sp³-hybridized carbons (Fsp3) is 0.235. The van der Waals surface area contributed by atoms with Gasteiger partial charge in [-0.05, 0) is 65.6 Å². The normalized spacial score (nSPS) is 15.8. The first-order valence-electron chi connectivity index (χ1n) is 22.7. The molecule has 5 aromatic carbocycles. The number of imide groups is 1. The number of aromatic nitrogens is 2. The number of carbonyl (C=O) groups is 5. The maximum Gasteiger partial charge on any atom is 0.319 e. The van der Waals surface area contributed by atoms with E-state index in [1.165, 1.54) is 35.2 Å². The number of carbonyl (C=O) groups excluding carboxylic acids is 5. The SMILES string of the molecule is C=C(COc1cc(Cl)cc(NC(=O)NCc2ccc3c(c2)CN(C2CCC(=O)NC2=O)C3=O)c1)C(=O)Nc1cccc(-c2cccc3cnc(Nc4ccc(N5CCN(CCO)CC5)c(F)c4F)nc23)c1. The molecule has 0 bridgehead atoms. The van der Waals surface area contributed by atoms with Crippen molar-refractivity contribution >= 4 is 80.9 Å². The number of aliphatic hydroxyl groups excluding tert-OH is 1. The van der Waals surface area contributed by atoms with E-state index >= 15 is 8.78 Å². The van der Waals surface area contributed by atoms with Gasteiger partial charge in [-0.15, -0.1) is 0 Å². The molecule has 4 heterocycles. The summed E-state index contributed by atoms with van der Waals surface area (Å²) < 4.78 is 36.8. The zero-order chi connectivity index (χ0) is 49.8. The topological polar surface area (TPSA) is 210 Å². The summed E-state index contributed by atoms with van der Waals surface area (Å²) in [5.74, 6) is -3.39. The van der Waals surface area contributed by atoms with Gasteiger partial charge in [0.15, 0.2) is 11.6 Å². The number of fused-ring (bicyclic) bond motifs is 2. The van der Waals surface area contributed by atoms with Gasteiger partial charge in [-0.2, -0.15) is 0 Å². The van der Waals surface area contributed by atoms with Gasteiger partial charge in [0.25, 0.3) is 11.8 Å². The van der Waals surface area contributed by atoms with E-state index in [2.05, 4.69) is 48.0 Å². The zero-order valence-electron chi connectivity index (χ0n) is 38.1. The number of para-hydroxylation sites is 1. The number of benzene rings is 5. The van der Waals surface area contributed by atoms with Crippen LogP contribution >= 0.6 is 11.6 Å². The van der Waals surface area contributed by atoms with Crippen LogP contribution in [-0.2, 0) is 27.5 Å². The smallest absolute Gasteiger partial charge is 0.319 e. The molecule has 2 saturated heterocycles. The Labute approximate surface area is 410 Å². The van der Waals surface area contributed by atoms with Gasteiger partial charge >= 0.3 is 6.03 Å². The lowest BCUT2D eigenvalue weighted by Crippen LogP contribution is -2.52. The Bertz CT molecular complexity index is 3110. The molecule has 6 aromatic rings. The van der Waals surface area contributed by atoms with E-state index in [-0.39, 0.29) is 84.6 Å². The van der Waals surface area contributed by atoms with Gasteiger partial charge in [0, 0.05) is 103 Å². The Morgan fingerprint density at radius 3 is 2.52 bits per heavy atom. The molecule has 71 heavy (non-hydrogen) atoms. The summed E-state index contributed by atoms with van der Waals surface area (Å²) >= 11 is 6.37. The number of halogens is 3. The fourth-order valence-electron chi connectivity index (χ4n) is 8.74. The molecule has 1 atom stereocenters. The summed E-state index contributed by atoms with van der Waals surface area (Å²) in [4.78, 5) is 77.7. The van der Waals surface area contributed by atoms with Crippen molar-refractivity contribution in [3.63, 3.8) is 0 Å². The standard InChI is InChI=1S/C51H47ClF2N10O7/c1-29(28-71-37-23-34(52)22-36(24-37)58-51(70)56-25-30-8-9-39-33(20-30)27-64(49(39)69)42-12-13-43(66)60-48(42)68)47(67)57-35-6-2-4-31(21-35)38-7-3-5-32-26-55-50(61-46(32)38)59-40-10-11-41(45(54)44(40)53)63-16-14-62(15-17-63)18-19-65/h2-11,20-24,26,42,65H,1,12-19,25,27-28H2,(H,57,67)(H,55,59,61)(H2,56,58,70)(H,60,66,68). The number of β-amino-alcohol motifs (C(OH)–C–C–N with tert-alkyl or cyclic N) is 1. The quantitative estimate of drug-likeness (QED) is 0.0467. The Kier molecular flexibility index (Phi) is 14.2. The van der Waals surface area contributed by atoms with Gasteiger partial charge in [-0.1, -0.05) is 60.6 Å². The van der Waals surface area contributed by atoms with Crippen LogP contribution in [0.4, 0.5) is 42.3 Å². The summed E-state index contributed by atoms with van der Waals surface area (Å²) in [6.45, 7) is 6.82. The average Bonchev–Trinajstić information content (AvgIpc) is 3.68. The van der Waals surface area contributed by atoms with Crippen molar-refractivity contribution in [3.05, 3.63) is 143 Å². The molecule has 0 saturated carbocycles. The number of aliphatic hydroxyl groups is 1. The largest absolute Gasteiger partial charge is 0.489 e. The summed E-state index contributed by atoms with van der Waals surface area (Å²) in [6.07, 6.45) is 1.99. The predicted molar refractivity (Wildman–Crippen MR) is 263 cm³/mol. The van der Waals surface area contributed by atoms with Crippen LogP contribution in [0.3, 0.4) is 0 Å². The third kappa shape index (κ3) is 10.9. The number of ether oxygens (including phenoxy) is 1. The van der Waals surface area contributed by atoms with Gasteiger partial charge in [0.2, 0.25) is 17.8 Å². The molecule has 1 unspecified atom stereocenters. The van der Waals surface area contributed by atoms with E-state index in [4.69, 9.17) is 16.3 Å². The van der Waals surface area contributed by atoms with Crippen molar-refractivity contribution in [1.29, 1.82) is 0 Å². The molecular weight excluding hydrogens is 938 g/mol. The minimum Gasteiger partial charge on any atom is -0.489 e. The molecule has 2 fully saturated rings. The van der Waals surface area contributed by atoms with E-state index in [0.717, 1.165) is 5.56 Å². The van der Waals surface area contributed by atoms with Crippen LogP contribution in [0.15, 0.2) is 109 Å². The predicted octanol–water partition coefficient (Wildman–Crippen LogP) is 6.74. The molecule has 6 N–H and O–H groups in total. The van der Waals surface area contributed by atoms with Gasteiger partial charge in [-0.25, -0.2) is 23.5 Å². The maximum atomic E-state index is 15.5. The van der Waals surface area contributed by atoms with Crippen LogP contribution in [0, 0.1) is 11.6 Å². The minimum absolute atomic E-state index is 0.0377. The number of nitrogens with one attached hydrogen (secondary N) is 5. The molecule has 17 nitrogen and oxygen atoms in total. The number of hydrogen-bond acceptors (Lipinski definition) is 12. The van der Waals surface area contributed by atoms with Gasteiger partial charge in [0.05, 0.1) is 23.5 Å². The molecule has 6 amide bonds. The lowest BCUT2D eigenvalue weighted by molar-refractivity contribution is -0.137.